The van der Waals surface area contributed by atoms with Crippen LogP contribution in [-0.4, -0.2) is 26.7 Å². The number of nitrogens with zero attached hydrogens (tertiary/aromatic N) is 3. The number of hydrogen-bond donors (Lipinski definition) is 2. The molecule has 3 aliphatic rings. The summed E-state index contributed by atoms with van der Waals surface area (Å²) in [7, 11) is 0. The molecule has 2 aliphatic heterocycles. The van der Waals surface area contributed by atoms with E-state index in [1.807, 2.05) is 27.7 Å². The third-order valence-electron chi connectivity index (χ3n) is 8.98. The lowest BCUT2D eigenvalue weighted by molar-refractivity contribution is -0.144. The van der Waals surface area contributed by atoms with E-state index < -0.39 is 75.5 Å². The minimum atomic E-state index is -5.28. The highest BCUT2D eigenvalue weighted by molar-refractivity contribution is 5.85. The highest BCUT2D eigenvalue weighted by atomic mass is 19.4. The van der Waals surface area contributed by atoms with Gasteiger partial charge in [0.25, 0.3) is 0 Å². The minimum absolute atomic E-state index is 0.00690. The summed E-state index contributed by atoms with van der Waals surface area (Å²) >= 11 is 0. The summed E-state index contributed by atoms with van der Waals surface area (Å²) in [6.07, 6.45) is -19.9. The Balaban J connectivity index is 1.69. The molecule has 2 heterocycles. The molecule has 17 heteroatoms. The van der Waals surface area contributed by atoms with Gasteiger partial charge in [0.15, 0.2) is 0 Å². The van der Waals surface area contributed by atoms with E-state index in [1.165, 1.54) is 36.4 Å². The van der Waals surface area contributed by atoms with Crippen molar-refractivity contribution >= 4 is 22.4 Å². The van der Waals surface area contributed by atoms with Crippen LogP contribution in [0.15, 0.2) is 77.8 Å². The fourth-order valence-electron chi connectivity index (χ4n) is 7.21. The van der Waals surface area contributed by atoms with Crippen molar-refractivity contribution in [2.75, 3.05) is 5.32 Å². The van der Waals surface area contributed by atoms with Crippen LogP contribution >= 0.6 is 0 Å². The summed E-state index contributed by atoms with van der Waals surface area (Å²) < 4.78 is 169. The maximum atomic E-state index is 14.6. The fourth-order valence-corrected chi connectivity index (χ4v) is 7.21. The van der Waals surface area contributed by atoms with E-state index in [0.717, 1.165) is 4.57 Å². The van der Waals surface area contributed by atoms with Crippen LogP contribution in [0, 0.1) is 0 Å². The van der Waals surface area contributed by atoms with E-state index in [4.69, 9.17) is 4.99 Å². The number of halogens is 12. The van der Waals surface area contributed by atoms with E-state index in [0.29, 0.717) is 37.1 Å². The molecule has 6 rings (SSSR count). The van der Waals surface area contributed by atoms with Gasteiger partial charge in [-0.05, 0) is 101 Å². The van der Waals surface area contributed by atoms with Gasteiger partial charge in [0.05, 0.1) is 73.1 Å². The standard InChI is InChI=1S/C37H31F12N5/c1-32(2)17-21(18-33(3,4)53-32)50-27-16-31-28(15-26(27)51-24-11-9-19(34(38,39)40)13-22(24)36(44,45)46)52-25-7-5-6-8-30(25)54(31)29-12-10-20(35(41,42)43)14-23(29)37(47,48)49/h5-16,21,51,53H,17-18H2,1-4H3. The second-order valence-corrected chi connectivity index (χ2v) is 14.5. The molecule has 54 heavy (non-hydrogen) atoms. The summed E-state index contributed by atoms with van der Waals surface area (Å²) in [5.41, 5.74) is -9.09. The van der Waals surface area contributed by atoms with Crippen molar-refractivity contribution in [3.8, 4) is 17.1 Å². The Bertz CT molecular complexity index is 2240. The Morgan fingerprint density at radius 2 is 1.22 bits per heavy atom. The van der Waals surface area contributed by atoms with E-state index in [1.54, 1.807) is 0 Å². The van der Waals surface area contributed by atoms with Gasteiger partial charge in [-0.15, -0.1) is 0 Å². The van der Waals surface area contributed by atoms with Crippen molar-refractivity contribution in [3.63, 3.8) is 0 Å². The Hall–Kier alpha value is -4.80. The van der Waals surface area contributed by atoms with Crippen LogP contribution in [0.3, 0.4) is 0 Å². The molecule has 0 saturated carbocycles. The van der Waals surface area contributed by atoms with E-state index in [2.05, 4.69) is 15.6 Å². The predicted molar refractivity (Wildman–Crippen MR) is 177 cm³/mol. The molecule has 3 aromatic carbocycles. The Morgan fingerprint density at radius 3 is 1.80 bits per heavy atom. The van der Waals surface area contributed by atoms with Gasteiger partial charge < -0.3 is 15.2 Å². The Morgan fingerprint density at radius 1 is 0.667 bits per heavy atom. The monoisotopic (exact) mass is 773 g/mol. The first-order valence-electron chi connectivity index (χ1n) is 16.3. The number of rotatable bonds is 4. The summed E-state index contributed by atoms with van der Waals surface area (Å²) in [5.74, 6) is 0. The number of anilines is 2. The van der Waals surface area contributed by atoms with E-state index in [-0.39, 0.29) is 45.6 Å². The van der Waals surface area contributed by atoms with Crippen LogP contribution in [0.2, 0.25) is 0 Å². The molecule has 0 bridgehead atoms. The third kappa shape index (κ3) is 8.00. The lowest BCUT2D eigenvalue weighted by Gasteiger charge is -2.45. The van der Waals surface area contributed by atoms with Crippen LogP contribution in [0.25, 0.3) is 28.1 Å². The predicted octanol–water partition coefficient (Wildman–Crippen LogP) is 11.2. The van der Waals surface area contributed by atoms with Gasteiger partial charge in [-0.3, -0.25) is 4.99 Å². The first kappa shape index (κ1) is 38.9. The Labute approximate surface area is 300 Å². The largest absolute Gasteiger partial charge is 0.418 e. The zero-order valence-corrected chi connectivity index (χ0v) is 28.8. The molecule has 3 aromatic rings. The minimum Gasteiger partial charge on any atom is -0.353 e. The second kappa shape index (κ2) is 12.9. The molecule has 1 fully saturated rings. The quantitative estimate of drug-likeness (QED) is 0.141. The lowest BCUT2D eigenvalue weighted by atomic mass is 9.80. The van der Waals surface area contributed by atoms with Gasteiger partial charge >= 0.3 is 24.7 Å². The average molecular weight is 774 g/mol. The molecular formula is C37H31F12N5. The van der Waals surface area contributed by atoms with Gasteiger partial charge in [-0.2, -0.15) is 52.7 Å². The van der Waals surface area contributed by atoms with Crippen molar-refractivity contribution in [3.05, 3.63) is 100 Å². The molecule has 0 amide bonds. The normalized spacial score (nSPS) is 17.4. The molecular weight excluding hydrogens is 742 g/mol. The molecule has 2 N–H and O–H groups in total. The molecule has 0 unspecified atom stereocenters. The average Bonchev–Trinajstić information content (AvgIpc) is 3.00. The third-order valence-corrected chi connectivity index (χ3v) is 8.98. The molecule has 0 spiro atoms. The zero-order chi connectivity index (χ0) is 39.8. The van der Waals surface area contributed by atoms with E-state index in [9.17, 15) is 52.7 Å². The van der Waals surface area contributed by atoms with Crippen molar-refractivity contribution in [1.82, 2.24) is 14.9 Å². The number of benzene rings is 4. The number of piperidine rings is 1. The number of nitrogens with one attached hydrogen (secondary N) is 2. The van der Waals surface area contributed by atoms with Gasteiger partial charge in [0.2, 0.25) is 0 Å². The second-order valence-electron chi connectivity index (χ2n) is 14.5. The maximum absolute atomic E-state index is 14.6. The topological polar surface area (TPSA) is 54.2 Å². The summed E-state index contributed by atoms with van der Waals surface area (Å²) in [6.45, 7) is 7.62. The number of hydrogen-bond acceptors (Lipinski definition) is 4. The van der Waals surface area contributed by atoms with Gasteiger partial charge in [-0.1, -0.05) is 12.1 Å². The summed E-state index contributed by atoms with van der Waals surface area (Å²) in [6, 6.07) is 9.95. The van der Waals surface area contributed by atoms with Gasteiger partial charge in [0, 0.05) is 11.1 Å². The molecule has 288 valence electrons. The number of aromatic nitrogens is 2. The lowest BCUT2D eigenvalue weighted by Crippen LogP contribution is -2.59. The molecule has 0 radical (unpaired) electrons. The van der Waals surface area contributed by atoms with Crippen LogP contribution in [0.1, 0.15) is 62.8 Å². The molecule has 0 atom stereocenters. The van der Waals surface area contributed by atoms with Crippen LogP contribution in [0.4, 0.5) is 64.1 Å². The van der Waals surface area contributed by atoms with Crippen molar-refractivity contribution in [2.24, 2.45) is 4.99 Å². The van der Waals surface area contributed by atoms with Crippen molar-refractivity contribution in [2.45, 2.75) is 82.4 Å². The maximum Gasteiger partial charge on any atom is 0.418 e. The summed E-state index contributed by atoms with van der Waals surface area (Å²) in [4.78, 5) is 9.38. The Kier molecular flexibility index (Phi) is 9.30. The highest BCUT2D eigenvalue weighted by Gasteiger charge is 2.41. The number of alkyl halides is 12. The number of fused-ring (bicyclic) bond motifs is 2. The smallest absolute Gasteiger partial charge is 0.353 e. The van der Waals surface area contributed by atoms with Crippen LogP contribution < -0.4 is 16.0 Å². The van der Waals surface area contributed by atoms with Gasteiger partial charge in [0.1, 0.15) is 0 Å². The summed E-state index contributed by atoms with van der Waals surface area (Å²) in [5, 5.41) is 5.95. The molecule has 0 aromatic heterocycles. The SMILES string of the molecule is CC1(C)CC(N=c2cc3n(-c4ccc(C(F)(F)F)cc4C(F)(F)F)c4ccccc4nc-3cc2Nc2ccc(C(F)(F)F)cc2C(F)(F)F)CC(C)(C)N1. The van der Waals surface area contributed by atoms with Gasteiger partial charge in [-0.25, -0.2) is 4.98 Å². The van der Waals surface area contributed by atoms with Crippen LogP contribution in [-0.2, 0) is 24.7 Å². The number of para-hydroxylation sites is 2. The molecule has 5 nitrogen and oxygen atoms in total. The fraction of sp³-hybridized carbons (Fsp3) is 0.351. The van der Waals surface area contributed by atoms with Crippen molar-refractivity contribution < 1.29 is 52.7 Å². The molecule has 1 saturated heterocycles. The zero-order valence-electron chi connectivity index (χ0n) is 28.8. The van der Waals surface area contributed by atoms with Crippen molar-refractivity contribution in [1.29, 1.82) is 0 Å². The van der Waals surface area contributed by atoms with E-state index >= 15 is 0 Å². The molecule has 1 aliphatic carbocycles. The highest BCUT2D eigenvalue weighted by Crippen LogP contribution is 2.43. The first-order chi connectivity index (χ1) is 24.7. The first-order valence-corrected chi connectivity index (χ1v) is 16.3. The van der Waals surface area contributed by atoms with Crippen LogP contribution in [0.5, 0.6) is 0 Å².